The van der Waals surface area contributed by atoms with Gasteiger partial charge in [-0.2, -0.15) is 5.10 Å². The molecule has 2 amide bonds. The molecule has 1 aliphatic heterocycles. The minimum absolute atomic E-state index is 0.0200. The molecule has 0 bridgehead atoms. The van der Waals surface area contributed by atoms with E-state index in [0.29, 0.717) is 13.1 Å². The first-order chi connectivity index (χ1) is 11.6. The largest absolute Gasteiger partial charge is 0.327 e. The molecule has 1 aromatic heterocycles. The highest BCUT2D eigenvalue weighted by Gasteiger charge is 2.36. The Bertz CT molecular complexity index is 726. The SMILES string of the molecule is CCn1ccc(CN2C(=O)CN(Cc3ccccc3)C(=O)[C@H]2C)n1. The molecule has 0 saturated carbocycles. The molecule has 1 atom stereocenters. The number of hydrogen-bond acceptors (Lipinski definition) is 3. The van der Waals surface area contributed by atoms with Crippen LogP contribution in [0.4, 0.5) is 0 Å². The molecule has 6 heteroatoms. The van der Waals surface area contributed by atoms with E-state index < -0.39 is 6.04 Å². The zero-order chi connectivity index (χ0) is 17.1. The normalized spacial score (nSPS) is 18.3. The van der Waals surface area contributed by atoms with Crippen LogP contribution in [-0.2, 0) is 29.2 Å². The fourth-order valence-electron chi connectivity index (χ4n) is 2.95. The number of piperazine rings is 1. The third kappa shape index (κ3) is 3.32. The highest BCUT2D eigenvalue weighted by Crippen LogP contribution is 2.17. The zero-order valence-corrected chi connectivity index (χ0v) is 14.1. The summed E-state index contributed by atoms with van der Waals surface area (Å²) < 4.78 is 1.82. The van der Waals surface area contributed by atoms with Crippen LogP contribution >= 0.6 is 0 Å². The Morgan fingerprint density at radius 2 is 1.88 bits per heavy atom. The van der Waals surface area contributed by atoms with Crippen molar-refractivity contribution in [2.75, 3.05) is 6.54 Å². The molecule has 1 aromatic carbocycles. The Labute approximate surface area is 141 Å². The van der Waals surface area contributed by atoms with Gasteiger partial charge < -0.3 is 9.80 Å². The minimum atomic E-state index is -0.471. The quantitative estimate of drug-likeness (QED) is 0.840. The van der Waals surface area contributed by atoms with Crippen molar-refractivity contribution in [1.82, 2.24) is 19.6 Å². The summed E-state index contributed by atoms with van der Waals surface area (Å²) in [5, 5.41) is 4.40. The Kier molecular flexibility index (Phi) is 4.64. The van der Waals surface area contributed by atoms with Crippen molar-refractivity contribution in [2.45, 2.75) is 39.5 Å². The Hall–Kier alpha value is -2.63. The molecule has 1 fully saturated rings. The lowest BCUT2D eigenvalue weighted by Gasteiger charge is -2.38. The number of aryl methyl sites for hydroxylation is 1. The lowest BCUT2D eigenvalue weighted by Crippen LogP contribution is -2.58. The molecule has 2 heterocycles. The lowest BCUT2D eigenvalue weighted by molar-refractivity contribution is -0.156. The van der Waals surface area contributed by atoms with E-state index in [4.69, 9.17) is 0 Å². The van der Waals surface area contributed by atoms with Gasteiger partial charge in [0.2, 0.25) is 11.8 Å². The fourth-order valence-corrected chi connectivity index (χ4v) is 2.95. The third-order valence-corrected chi connectivity index (χ3v) is 4.35. The number of nitrogens with zero attached hydrogens (tertiary/aromatic N) is 4. The molecule has 126 valence electrons. The van der Waals surface area contributed by atoms with Gasteiger partial charge in [-0.3, -0.25) is 14.3 Å². The number of rotatable bonds is 5. The van der Waals surface area contributed by atoms with Crippen molar-refractivity contribution < 1.29 is 9.59 Å². The molecular weight excluding hydrogens is 304 g/mol. The fraction of sp³-hybridized carbons (Fsp3) is 0.389. The summed E-state index contributed by atoms with van der Waals surface area (Å²) in [6, 6.07) is 11.2. The Balaban J connectivity index is 1.69. The summed E-state index contributed by atoms with van der Waals surface area (Å²) in [6.07, 6.45) is 1.89. The second-order valence-electron chi connectivity index (χ2n) is 6.04. The summed E-state index contributed by atoms with van der Waals surface area (Å²) in [4.78, 5) is 28.4. The van der Waals surface area contributed by atoms with Crippen molar-refractivity contribution >= 4 is 11.8 Å². The smallest absolute Gasteiger partial charge is 0.245 e. The van der Waals surface area contributed by atoms with Crippen LogP contribution in [0.15, 0.2) is 42.6 Å². The van der Waals surface area contributed by atoms with Gasteiger partial charge in [0.25, 0.3) is 0 Å². The minimum Gasteiger partial charge on any atom is -0.327 e. The second-order valence-corrected chi connectivity index (χ2v) is 6.04. The van der Waals surface area contributed by atoms with Crippen LogP contribution < -0.4 is 0 Å². The maximum atomic E-state index is 12.6. The molecule has 1 aliphatic rings. The molecule has 1 saturated heterocycles. The molecule has 0 unspecified atom stereocenters. The lowest BCUT2D eigenvalue weighted by atomic mass is 10.1. The average molecular weight is 326 g/mol. The van der Waals surface area contributed by atoms with E-state index in [-0.39, 0.29) is 18.4 Å². The molecule has 0 N–H and O–H groups in total. The number of amides is 2. The number of hydrogen-bond donors (Lipinski definition) is 0. The van der Waals surface area contributed by atoms with Crippen molar-refractivity contribution in [3.8, 4) is 0 Å². The van der Waals surface area contributed by atoms with Gasteiger partial charge >= 0.3 is 0 Å². The van der Waals surface area contributed by atoms with Gasteiger partial charge in [0, 0.05) is 19.3 Å². The monoisotopic (exact) mass is 326 g/mol. The number of carbonyl (C=O) groups excluding carboxylic acids is 2. The molecular formula is C18H22N4O2. The summed E-state index contributed by atoms with van der Waals surface area (Å²) in [6.45, 7) is 5.54. The highest BCUT2D eigenvalue weighted by molar-refractivity contribution is 5.94. The number of carbonyl (C=O) groups is 2. The van der Waals surface area contributed by atoms with Crippen molar-refractivity contribution in [2.24, 2.45) is 0 Å². The van der Waals surface area contributed by atoms with Gasteiger partial charge in [-0.1, -0.05) is 30.3 Å². The van der Waals surface area contributed by atoms with Gasteiger partial charge in [-0.05, 0) is 25.5 Å². The van der Waals surface area contributed by atoms with E-state index in [1.54, 1.807) is 16.7 Å². The van der Waals surface area contributed by atoms with Gasteiger partial charge in [-0.25, -0.2) is 0 Å². The van der Waals surface area contributed by atoms with Crippen LogP contribution in [0.2, 0.25) is 0 Å². The Morgan fingerprint density at radius 3 is 2.54 bits per heavy atom. The van der Waals surface area contributed by atoms with Crippen LogP contribution in [0.3, 0.4) is 0 Å². The molecule has 0 radical (unpaired) electrons. The van der Waals surface area contributed by atoms with E-state index in [2.05, 4.69) is 5.10 Å². The van der Waals surface area contributed by atoms with Gasteiger partial charge in [-0.15, -0.1) is 0 Å². The topological polar surface area (TPSA) is 58.4 Å². The van der Waals surface area contributed by atoms with E-state index >= 15 is 0 Å². The van der Waals surface area contributed by atoms with Crippen LogP contribution in [0, 0.1) is 0 Å². The molecule has 6 nitrogen and oxygen atoms in total. The second kappa shape index (κ2) is 6.86. The van der Waals surface area contributed by atoms with Crippen LogP contribution in [0.25, 0.3) is 0 Å². The first-order valence-corrected chi connectivity index (χ1v) is 8.23. The summed E-state index contributed by atoms with van der Waals surface area (Å²) in [5.41, 5.74) is 1.84. The van der Waals surface area contributed by atoms with Crippen molar-refractivity contribution in [1.29, 1.82) is 0 Å². The van der Waals surface area contributed by atoms with Crippen molar-refractivity contribution in [3.05, 3.63) is 53.9 Å². The van der Waals surface area contributed by atoms with Crippen LogP contribution in [-0.4, -0.2) is 44.0 Å². The first kappa shape index (κ1) is 16.2. The molecule has 2 aromatic rings. The first-order valence-electron chi connectivity index (χ1n) is 8.23. The maximum absolute atomic E-state index is 12.6. The van der Waals surface area contributed by atoms with E-state index in [1.165, 1.54) is 0 Å². The van der Waals surface area contributed by atoms with Gasteiger partial charge in [0.05, 0.1) is 12.2 Å². The Morgan fingerprint density at radius 1 is 1.12 bits per heavy atom. The predicted octanol–water partition coefficient (Wildman–Crippen LogP) is 1.66. The summed E-state index contributed by atoms with van der Waals surface area (Å²) >= 11 is 0. The number of benzene rings is 1. The van der Waals surface area contributed by atoms with Gasteiger partial charge in [0.1, 0.15) is 12.6 Å². The maximum Gasteiger partial charge on any atom is 0.245 e. The van der Waals surface area contributed by atoms with E-state index in [9.17, 15) is 9.59 Å². The van der Waals surface area contributed by atoms with E-state index in [0.717, 1.165) is 17.8 Å². The summed E-state index contributed by atoms with van der Waals surface area (Å²) in [5.74, 6) is -0.0579. The van der Waals surface area contributed by atoms with Crippen LogP contribution in [0.1, 0.15) is 25.1 Å². The zero-order valence-electron chi connectivity index (χ0n) is 14.1. The summed E-state index contributed by atoms with van der Waals surface area (Å²) in [7, 11) is 0. The highest BCUT2D eigenvalue weighted by atomic mass is 16.2. The van der Waals surface area contributed by atoms with Crippen molar-refractivity contribution in [3.63, 3.8) is 0 Å². The molecule has 0 aliphatic carbocycles. The average Bonchev–Trinajstić information content (AvgIpc) is 3.05. The van der Waals surface area contributed by atoms with Gasteiger partial charge in [0.15, 0.2) is 0 Å². The third-order valence-electron chi connectivity index (χ3n) is 4.35. The molecule has 3 rings (SSSR count). The molecule has 0 spiro atoms. The molecule has 24 heavy (non-hydrogen) atoms. The van der Waals surface area contributed by atoms with E-state index in [1.807, 2.05) is 54.2 Å². The number of aromatic nitrogens is 2. The predicted molar refractivity (Wildman–Crippen MR) is 89.8 cm³/mol. The standard InChI is InChI=1S/C18H22N4O2/c1-3-21-10-9-16(19-21)12-22-14(2)18(24)20(13-17(22)23)11-15-7-5-4-6-8-15/h4-10,14H,3,11-13H2,1-2H3/t14-/m1/s1. The van der Waals surface area contributed by atoms with Crippen LogP contribution in [0.5, 0.6) is 0 Å².